The third-order valence-corrected chi connectivity index (χ3v) is 4.98. The minimum Gasteiger partial charge on any atom is -0.459 e. The van der Waals surface area contributed by atoms with E-state index in [4.69, 9.17) is 23.7 Å². The Morgan fingerprint density at radius 2 is 2.00 bits per heavy atom. The van der Waals surface area contributed by atoms with E-state index >= 15 is 0 Å². The maximum Gasteiger partial charge on any atom is 0.508 e. The fraction of sp³-hybridized carbons (Fsp3) is 0.611. The number of ether oxygens (including phenoxy) is 5. The lowest BCUT2D eigenvalue weighted by Gasteiger charge is -2.24. The van der Waals surface area contributed by atoms with Gasteiger partial charge in [0.1, 0.15) is 25.4 Å². The number of hydrogen-bond donors (Lipinski definition) is 0. The highest BCUT2D eigenvalue weighted by molar-refractivity contribution is 5.87. The number of esters is 2. The highest BCUT2D eigenvalue weighted by atomic mass is 16.7. The molecule has 0 aromatic heterocycles. The van der Waals surface area contributed by atoms with Crippen molar-refractivity contribution in [1.29, 1.82) is 0 Å². The van der Waals surface area contributed by atoms with Crippen LogP contribution in [0.2, 0.25) is 0 Å². The molecule has 142 valence electrons. The average molecular weight is 366 g/mol. The Labute approximate surface area is 151 Å². The zero-order valence-electron chi connectivity index (χ0n) is 14.4. The van der Waals surface area contributed by atoms with Crippen molar-refractivity contribution >= 4 is 18.1 Å². The van der Waals surface area contributed by atoms with E-state index in [0.29, 0.717) is 13.0 Å². The van der Waals surface area contributed by atoms with Gasteiger partial charge in [0.2, 0.25) is 0 Å². The lowest BCUT2D eigenvalue weighted by Crippen LogP contribution is -2.36. The monoisotopic (exact) mass is 366 g/mol. The maximum absolute atomic E-state index is 11.8. The number of carbonyl (C=O) groups excluding carboxylic acids is 3. The van der Waals surface area contributed by atoms with Crippen LogP contribution >= 0.6 is 0 Å². The SMILES string of the molecule is C=CCOCC(=C)C(=O)OCCOC(=O)OC1C2CC3C(=O)OC1C3C2. The van der Waals surface area contributed by atoms with Crippen LogP contribution in [-0.4, -0.2) is 56.7 Å². The Morgan fingerprint density at radius 3 is 2.77 bits per heavy atom. The van der Waals surface area contributed by atoms with Gasteiger partial charge in [-0.15, -0.1) is 6.58 Å². The molecule has 0 amide bonds. The second kappa shape index (κ2) is 7.90. The zero-order chi connectivity index (χ0) is 18.7. The third-order valence-electron chi connectivity index (χ3n) is 4.98. The topological polar surface area (TPSA) is 97.4 Å². The molecule has 2 bridgehead atoms. The van der Waals surface area contributed by atoms with Crippen LogP contribution in [-0.2, 0) is 33.3 Å². The van der Waals surface area contributed by atoms with Crippen LogP contribution in [0.1, 0.15) is 12.8 Å². The maximum atomic E-state index is 11.8. The molecule has 0 radical (unpaired) electrons. The normalized spacial score (nSPS) is 30.6. The molecule has 1 aliphatic heterocycles. The van der Waals surface area contributed by atoms with Crippen molar-refractivity contribution in [2.45, 2.75) is 25.0 Å². The summed E-state index contributed by atoms with van der Waals surface area (Å²) in [6.07, 6.45) is 1.44. The van der Waals surface area contributed by atoms with E-state index in [0.717, 1.165) is 6.42 Å². The van der Waals surface area contributed by atoms with Gasteiger partial charge < -0.3 is 23.7 Å². The molecule has 5 unspecified atom stereocenters. The molecule has 0 N–H and O–H groups in total. The summed E-state index contributed by atoms with van der Waals surface area (Å²) in [7, 11) is 0. The quantitative estimate of drug-likeness (QED) is 0.199. The van der Waals surface area contributed by atoms with Crippen molar-refractivity contribution in [3.63, 3.8) is 0 Å². The van der Waals surface area contributed by atoms with Crippen molar-refractivity contribution in [3.8, 4) is 0 Å². The minimum absolute atomic E-state index is 0.0381. The molecule has 0 aromatic carbocycles. The van der Waals surface area contributed by atoms with Gasteiger partial charge in [0, 0.05) is 11.8 Å². The van der Waals surface area contributed by atoms with Crippen molar-refractivity contribution in [2.24, 2.45) is 17.8 Å². The minimum atomic E-state index is -0.855. The van der Waals surface area contributed by atoms with E-state index in [2.05, 4.69) is 13.2 Å². The predicted molar refractivity (Wildman–Crippen MR) is 86.9 cm³/mol. The molecule has 2 aliphatic carbocycles. The first-order valence-corrected chi connectivity index (χ1v) is 8.58. The Balaban J connectivity index is 1.32. The van der Waals surface area contributed by atoms with Crippen molar-refractivity contribution in [2.75, 3.05) is 26.4 Å². The molecule has 5 atom stereocenters. The summed E-state index contributed by atoms with van der Waals surface area (Å²) in [5.74, 6) is -0.552. The second-order valence-corrected chi connectivity index (χ2v) is 6.63. The highest BCUT2D eigenvalue weighted by Crippen LogP contribution is 2.55. The van der Waals surface area contributed by atoms with Gasteiger partial charge in [0.25, 0.3) is 0 Å². The summed E-state index contributed by atoms with van der Waals surface area (Å²) in [4.78, 5) is 35.1. The molecule has 3 fully saturated rings. The van der Waals surface area contributed by atoms with E-state index in [1.54, 1.807) is 6.08 Å². The fourth-order valence-electron chi connectivity index (χ4n) is 3.90. The molecule has 0 aromatic rings. The Bertz CT molecular complexity index is 612. The largest absolute Gasteiger partial charge is 0.508 e. The summed E-state index contributed by atoms with van der Waals surface area (Å²) < 4.78 is 25.5. The summed E-state index contributed by atoms with van der Waals surface area (Å²) in [5, 5.41) is 0. The molecule has 0 spiro atoms. The van der Waals surface area contributed by atoms with E-state index in [1.165, 1.54) is 0 Å². The van der Waals surface area contributed by atoms with Gasteiger partial charge in [-0.1, -0.05) is 12.7 Å². The van der Waals surface area contributed by atoms with Crippen molar-refractivity contribution in [3.05, 3.63) is 24.8 Å². The zero-order valence-corrected chi connectivity index (χ0v) is 14.4. The van der Waals surface area contributed by atoms with E-state index in [9.17, 15) is 14.4 Å². The molecule has 1 heterocycles. The van der Waals surface area contributed by atoms with Gasteiger partial charge >= 0.3 is 18.1 Å². The second-order valence-electron chi connectivity index (χ2n) is 6.63. The molecule has 2 saturated carbocycles. The summed E-state index contributed by atoms with van der Waals surface area (Å²) >= 11 is 0. The van der Waals surface area contributed by atoms with Gasteiger partial charge in [-0.3, -0.25) is 4.79 Å². The van der Waals surface area contributed by atoms with Crippen LogP contribution in [0, 0.1) is 17.8 Å². The standard InChI is InChI=1S/C18H22O8/c1-3-4-22-9-10(2)16(19)23-5-6-24-18(21)26-14-11-7-12-13(8-11)17(20)25-15(12)14/h3,11-15H,1-2,4-9H2. The summed E-state index contributed by atoms with van der Waals surface area (Å²) in [6.45, 7) is 7.13. The highest BCUT2D eigenvalue weighted by Gasteiger charge is 2.63. The molecular weight excluding hydrogens is 344 g/mol. The summed E-state index contributed by atoms with van der Waals surface area (Å²) in [6, 6.07) is 0. The van der Waals surface area contributed by atoms with Gasteiger partial charge in [0.05, 0.1) is 24.7 Å². The Morgan fingerprint density at radius 1 is 1.23 bits per heavy atom. The Kier molecular flexibility index (Phi) is 5.61. The smallest absolute Gasteiger partial charge is 0.459 e. The molecule has 3 rings (SSSR count). The first-order chi connectivity index (χ1) is 12.5. The number of rotatable bonds is 9. The molecule has 8 heteroatoms. The van der Waals surface area contributed by atoms with E-state index in [1.807, 2.05) is 0 Å². The van der Waals surface area contributed by atoms with Gasteiger partial charge in [-0.25, -0.2) is 9.59 Å². The average Bonchev–Trinajstić information content (AvgIpc) is 3.23. The lowest BCUT2D eigenvalue weighted by molar-refractivity contribution is -0.146. The molecule has 8 nitrogen and oxygen atoms in total. The summed E-state index contributed by atoms with van der Waals surface area (Å²) in [5.41, 5.74) is 0.161. The van der Waals surface area contributed by atoms with Crippen LogP contribution in [0.5, 0.6) is 0 Å². The van der Waals surface area contributed by atoms with Crippen LogP contribution < -0.4 is 0 Å². The van der Waals surface area contributed by atoms with Crippen LogP contribution in [0.25, 0.3) is 0 Å². The molecule has 26 heavy (non-hydrogen) atoms. The van der Waals surface area contributed by atoms with Crippen LogP contribution in [0.4, 0.5) is 4.79 Å². The van der Waals surface area contributed by atoms with Crippen molar-refractivity contribution in [1.82, 2.24) is 0 Å². The lowest BCUT2D eigenvalue weighted by atomic mass is 9.88. The number of fused-ring (bicyclic) bond motifs is 1. The number of carbonyl (C=O) groups is 3. The molecule has 1 saturated heterocycles. The van der Waals surface area contributed by atoms with E-state index < -0.39 is 18.2 Å². The third kappa shape index (κ3) is 3.75. The first kappa shape index (κ1) is 18.4. The van der Waals surface area contributed by atoms with Gasteiger partial charge in [0.15, 0.2) is 0 Å². The molecular formula is C18H22O8. The fourth-order valence-corrected chi connectivity index (χ4v) is 3.90. The molecule has 3 aliphatic rings. The van der Waals surface area contributed by atoms with Gasteiger partial charge in [-0.05, 0) is 12.8 Å². The van der Waals surface area contributed by atoms with Gasteiger partial charge in [-0.2, -0.15) is 0 Å². The Hall–Kier alpha value is -2.35. The number of hydrogen-bond acceptors (Lipinski definition) is 8. The predicted octanol–water partition coefficient (Wildman–Crippen LogP) is 1.39. The van der Waals surface area contributed by atoms with E-state index in [-0.39, 0.29) is 55.2 Å². The van der Waals surface area contributed by atoms with Crippen LogP contribution in [0.15, 0.2) is 24.8 Å². The van der Waals surface area contributed by atoms with Crippen LogP contribution in [0.3, 0.4) is 0 Å². The van der Waals surface area contributed by atoms with Crippen molar-refractivity contribution < 1.29 is 38.1 Å². The first-order valence-electron chi connectivity index (χ1n) is 8.58.